The van der Waals surface area contributed by atoms with E-state index in [1.807, 2.05) is 0 Å². The minimum Gasteiger partial charge on any atom is -0.495 e. The second-order valence-corrected chi connectivity index (χ2v) is 9.54. The molecule has 3 aromatic carbocycles. The zero-order valence-corrected chi connectivity index (χ0v) is 19.6. The molecule has 0 heterocycles. The molecule has 0 aromatic heterocycles. The number of aryl methyl sites for hydroxylation is 1. The quantitative estimate of drug-likeness (QED) is 0.453. The van der Waals surface area contributed by atoms with Gasteiger partial charge in [-0.1, -0.05) is 29.3 Å². The van der Waals surface area contributed by atoms with Crippen LogP contribution in [0, 0.1) is 6.92 Å². The molecule has 0 radical (unpaired) electrons. The first-order valence-corrected chi connectivity index (χ1v) is 11.6. The minimum atomic E-state index is -4.52. The van der Waals surface area contributed by atoms with Crippen LogP contribution in [-0.2, 0) is 21.0 Å². The summed E-state index contributed by atoms with van der Waals surface area (Å²) in [6.45, 7) is 1.15. The Labute approximate surface area is 200 Å². The number of anilines is 2. The summed E-state index contributed by atoms with van der Waals surface area (Å²) in [4.78, 5) is 12.7. The first kappa shape index (κ1) is 25.4. The van der Waals surface area contributed by atoms with Gasteiger partial charge in [0.05, 0.1) is 28.3 Å². The molecule has 0 spiro atoms. The number of nitrogens with zero attached hydrogens (tertiary/aromatic N) is 1. The van der Waals surface area contributed by atoms with Crippen LogP contribution in [0.4, 0.5) is 24.5 Å². The standard InChI is InChI=1S/C23H20ClF3N2O4S/c1-15-3-10-19(11-4-15)34(31,32)29(18-9-12-21(33-2)20(24)13-18)14-22(30)28-17-7-5-16(6-8-17)23(25,26)27/h3-13H,14H2,1-2H3,(H,28,30). The molecule has 3 aromatic rings. The molecule has 34 heavy (non-hydrogen) atoms. The average Bonchev–Trinajstić information content (AvgIpc) is 2.77. The van der Waals surface area contributed by atoms with Crippen molar-refractivity contribution in [2.24, 2.45) is 0 Å². The number of methoxy groups -OCH3 is 1. The molecule has 3 rings (SSSR count). The molecule has 0 aliphatic heterocycles. The summed E-state index contributed by atoms with van der Waals surface area (Å²) in [6, 6.07) is 14.1. The van der Waals surface area contributed by atoms with Crippen LogP contribution in [0.15, 0.2) is 71.6 Å². The van der Waals surface area contributed by atoms with Crippen LogP contribution >= 0.6 is 11.6 Å². The Morgan fingerprint density at radius 1 is 1.03 bits per heavy atom. The lowest BCUT2D eigenvalue weighted by Gasteiger charge is -2.24. The fourth-order valence-electron chi connectivity index (χ4n) is 3.04. The van der Waals surface area contributed by atoms with Gasteiger partial charge in [-0.15, -0.1) is 0 Å². The van der Waals surface area contributed by atoms with Crippen molar-refractivity contribution < 1.29 is 31.1 Å². The zero-order chi connectivity index (χ0) is 25.1. The zero-order valence-electron chi connectivity index (χ0n) is 18.1. The highest BCUT2D eigenvalue weighted by atomic mass is 35.5. The van der Waals surface area contributed by atoms with Crippen molar-refractivity contribution in [3.8, 4) is 5.75 Å². The Bertz CT molecular complexity index is 1280. The summed E-state index contributed by atoms with van der Waals surface area (Å²) >= 11 is 6.17. The summed E-state index contributed by atoms with van der Waals surface area (Å²) < 4.78 is 71.1. The summed E-state index contributed by atoms with van der Waals surface area (Å²) in [5.74, 6) is -0.449. The molecule has 0 saturated heterocycles. The van der Waals surface area contributed by atoms with Crippen molar-refractivity contribution in [2.45, 2.75) is 18.0 Å². The van der Waals surface area contributed by atoms with E-state index in [0.29, 0.717) is 5.75 Å². The van der Waals surface area contributed by atoms with Crippen LogP contribution in [0.2, 0.25) is 5.02 Å². The predicted molar refractivity (Wildman–Crippen MR) is 124 cm³/mol. The molecule has 0 aliphatic carbocycles. The van der Waals surface area contributed by atoms with Crippen molar-refractivity contribution >= 4 is 38.9 Å². The van der Waals surface area contributed by atoms with Crippen molar-refractivity contribution in [1.29, 1.82) is 0 Å². The third kappa shape index (κ3) is 5.81. The van der Waals surface area contributed by atoms with Crippen LogP contribution in [0.5, 0.6) is 5.75 Å². The number of rotatable bonds is 7. The molecule has 1 amide bonds. The monoisotopic (exact) mass is 512 g/mol. The van der Waals surface area contributed by atoms with Gasteiger partial charge in [-0.25, -0.2) is 8.42 Å². The molecular formula is C23H20ClF3N2O4S. The number of carbonyl (C=O) groups is 1. The highest BCUT2D eigenvalue weighted by Crippen LogP contribution is 2.32. The average molecular weight is 513 g/mol. The number of hydrogen-bond acceptors (Lipinski definition) is 4. The van der Waals surface area contributed by atoms with E-state index < -0.39 is 34.2 Å². The number of alkyl halides is 3. The van der Waals surface area contributed by atoms with Crippen LogP contribution in [-0.4, -0.2) is 28.0 Å². The van der Waals surface area contributed by atoms with Gasteiger partial charge in [-0.3, -0.25) is 9.10 Å². The number of hydrogen-bond donors (Lipinski definition) is 1. The Kier molecular flexibility index (Phi) is 7.42. The van der Waals surface area contributed by atoms with E-state index in [0.717, 1.165) is 34.1 Å². The van der Waals surface area contributed by atoms with E-state index in [9.17, 15) is 26.4 Å². The fraction of sp³-hybridized carbons (Fsp3) is 0.174. The predicted octanol–water partition coefficient (Wildman–Crippen LogP) is 5.51. The number of sulfonamides is 1. The fourth-order valence-corrected chi connectivity index (χ4v) is 4.70. The highest BCUT2D eigenvalue weighted by Gasteiger charge is 2.30. The third-order valence-electron chi connectivity index (χ3n) is 4.82. The van der Waals surface area contributed by atoms with E-state index in [1.54, 1.807) is 19.1 Å². The van der Waals surface area contributed by atoms with Gasteiger partial charge in [0, 0.05) is 5.69 Å². The largest absolute Gasteiger partial charge is 0.495 e. The molecule has 0 aliphatic rings. The van der Waals surface area contributed by atoms with Crippen LogP contribution in [0.1, 0.15) is 11.1 Å². The van der Waals surface area contributed by atoms with Crippen molar-refractivity contribution in [3.63, 3.8) is 0 Å². The normalized spacial score (nSPS) is 11.7. The van der Waals surface area contributed by atoms with Gasteiger partial charge >= 0.3 is 6.18 Å². The minimum absolute atomic E-state index is 0.0487. The van der Waals surface area contributed by atoms with E-state index in [-0.39, 0.29) is 21.3 Å². The first-order valence-electron chi connectivity index (χ1n) is 9.82. The van der Waals surface area contributed by atoms with Crippen molar-refractivity contribution in [2.75, 3.05) is 23.3 Å². The molecule has 0 bridgehead atoms. The summed E-state index contributed by atoms with van der Waals surface area (Å²) in [5.41, 5.74) is 0.160. The molecule has 0 saturated carbocycles. The van der Waals surface area contributed by atoms with E-state index in [4.69, 9.17) is 16.3 Å². The molecule has 0 unspecified atom stereocenters. The van der Waals surface area contributed by atoms with Gasteiger partial charge in [-0.2, -0.15) is 13.2 Å². The molecular weight excluding hydrogens is 493 g/mol. The maximum Gasteiger partial charge on any atom is 0.416 e. The number of carbonyl (C=O) groups excluding carboxylic acids is 1. The maximum atomic E-state index is 13.4. The van der Waals surface area contributed by atoms with Gasteiger partial charge in [0.15, 0.2) is 0 Å². The van der Waals surface area contributed by atoms with Gasteiger partial charge in [-0.05, 0) is 61.5 Å². The lowest BCUT2D eigenvalue weighted by Crippen LogP contribution is -2.38. The van der Waals surface area contributed by atoms with Crippen LogP contribution < -0.4 is 14.4 Å². The smallest absolute Gasteiger partial charge is 0.416 e. The number of halogens is 4. The van der Waals surface area contributed by atoms with Gasteiger partial charge in [0.1, 0.15) is 12.3 Å². The molecule has 0 atom stereocenters. The lowest BCUT2D eigenvalue weighted by molar-refractivity contribution is -0.137. The Morgan fingerprint density at radius 3 is 2.18 bits per heavy atom. The lowest BCUT2D eigenvalue weighted by atomic mass is 10.2. The molecule has 0 fully saturated rings. The number of ether oxygens (including phenoxy) is 1. The van der Waals surface area contributed by atoms with E-state index >= 15 is 0 Å². The van der Waals surface area contributed by atoms with Gasteiger partial charge in [0.2, 0.25) is 5.91 Å². The van der Waals surface area contributed by atoms with Gasteiger partial charge < -0.3 is 10.1 Å². The first-order chi connectivity index (χ1) is 15.9. The Balaban J connectivity index is 1.93. The van der Waals surface area contributed by atoms with Crippen LogP contribution in [0.3, 0.4) is 0 Å². The molecule has 1 N–H and O–H groups in total. The number of nitrogens with one attached hydrogen (secondary N) is 1. The third-order valence-corrected chi connectivity index (χ3v) is 6.90. The van der Waals surface area contributed by atoms with Crippen molar-refractivity contribution in [3.05, 3.63) is 82.9 Å². The van der Waals surface area contributed by atoms with E-state index in [1.165, 1.54) is 37.4 Å². The van der Waals surface area contributed by atoms with Crippen LogP contribution in [0.25, 0.3) is 0 Å². The molecule has 6 nitrogen and oxygen atoms in total. The highest BCUT2D eigenvalue weighted by molar-refractivity contribution is 7.92. The molecule has 180 valence electrons. The summed E-state index contributed by atoms with van der Waals surface area (Å²) in [7, 11) is -2.79. The molecule has 11 heteroatoms. The SMILES string of the molecule is COc1ccc(N(CC(=O)Nc2ccc(C(F)(F)F)cc2)S(=O)(=O)c2ccc(C)cc2)cc1Cl. The Hall–Kier alpha value is -3.24. The topological polar surface area (TPSA) is 75.7 Å². The number of amides is 1. The Morgan fingerprint density at radius 2 is 1.65 bits per heavy atom. The summed E-state index contributed by atoms with van der Waals surface area (Å²) in [6.07, 6.45) is -4.52. The van der Waals surface area contributed by atoms with Gasteiger partial charge in [0.25, 0.3) is 10.0 Å². The summed E-state index contributed by atoms with van der Waals surface area (Å²) in [5, 5.41) is 2.55. The van der Waals surface area contributed by atoms with E-state index in [2.05, 4.69) is 5.32 Å². The number of benzene rings is 3. The second kappa shape index (κ2) is 9.94. The second-order valence-electron chi connectivity index (χ2n) is 7.27. The maximum absolute atomic E-state index is 13.4. The van der Waals surface area contributed by atoms with Crippen molar-refractivity contribution in [1.82, 2.24) is 0 Å².